The average molecular weight is 488 g/mol. The van der Waals surface area contributed by atoms with Crippen molar-refractivity contribution in [2.75, 3.05) is 37.5 Å². The summed E-state index contributed by atoms with van der Waals surface area (Å²) in [6, 6.07) is 16.7. The summed E-state index contributed by atoms with van der Waals surface area (Å²) in [4.78, 5) is 29.9. The molecule has 3 aromatic carbocycles. The van der Waals surface area contributed by atoms with E-state index in [2.05, 4.69) is 38.2 Å². The van der Waals surface area contributed by atoms with E-state index in [1.54, 1.807) is 37.3 Å². The highest BCUT2D eigenvalue weighted by atomic mass is 16.5. The molecule has 0 radical (unpaired) electrons. The first kappa shape index (κ1) is 25.1. The Balaban J connectivity index is 1.46. The van der Waals surface area contributed by atoms with Crippen LogP contribution in [0.1, 0.15) is 39.0 Å². The van der Waals surface area contributed by atoms with Crippen LogP contribution in [0.4, 0.5) is 16.2 Å². The van der Waals surface area contributed by atoms with Crippen molar-refractivity contribution in [1.82, 2.24) is 4.90 Å². The molecule has 0 unspecified atom stereocenters. The molecule has 7 heteroatoms. The van der Waals surface area contributed by atoms with E-state index in [0.717, 1.165) is 18.7 Å². The van der Waals surface area contributed by atoms with Crippen LogP contribution in [0, 0.1) is 20.8 Å². The lowest BCUT2D eigenvalue weighted by molar-refractivity contribution is 0.102. The minimum atomic E-state index is -0.274. The largest absolute Gasteiger partial charge is 0.497 e. The fraction of sp³-hybridized carbons (Fsp3) is 0.310. The Morgan fingerprint density at radius 3 is 2.08 bits per heavy atom. The molecule has 4 rings (SSSR count). The average Bonchev–Trinajstić information content (AvgIpc) is 2.87. The molecule has 1 heterocycles. The summed E-state index contributed by atoms with van der Waals surface area (Å²) in [6.45, 7) is 8.31. The molecule has 0 aliphatic carbocycles. The summed E-state index contributed by atoms with van der Waals surface area (Å²) in [6.07, 6.45) is 0.895. The number of carbonyl (C=O) groups excluding carboxylic acids is 2. The summed E-state index contributed by atoms with van der Waals surface area (Å²) in [7, 11) is 3.09. The number of carbonyl (C=O) groups is 2. The second kappa shape index (κ2) is 10.7. The molecule has 0 atom stereocenters. The van der Waals surface area contributed by atoms with Crippen LogP contribution in [0.5, 0.6) is 11.5 Å². The van der Waals surface area contributed by atoms with Crippen LogP contribution < -0.4 is 19.7 Å². The number of ether oxygens (including phenoxy) is 2. The fourth-order valence-corrected chi connectivity index (χ4v) is 4.68. The van der Waals surface area contributed by atoms with Crippen molar-refractivity contribution < 1.29 is 19.1 Å². The number of aryl methyl sites for hydroxylation is 3. The van der Waals surface area contributed by atoms with E-state index < -0.39 is 0 Å². The van der Waals surface area contributed by atoms with Gasteiger partial charge in [0, 0.05) is 42.6 Å². The van der Waals surface area contributed by atoms with Gasteiger partial charge in [0.05, 0.1) is 14.2 Å². The van der Waals surface area contributed by atoms with Gasteiger partial charge in [-0.05, 0) is 80.3 Å². The normalized spacial score (nSPS) is 13.5. The Morgan fingerprint density at radius 1 is 0.889 bits per heavy atom. The molecule has 7 nitrogen and oxygen atoms in total. The Labute approximate surface area is 212 Å². The molecule has 0 aromatic heterocycles. The van der Waals surface area contributed by atoms with Crippen molar-refractivity contribution in [3.05, 3.63) is 82.4 Å². The number of nitrogens with one attached hydrogen (secondary N) is 1. The number of urea groups is 1. The van der Waals surface area contributed by atoms with Crippen LogP contribution in [0.2, 0.25) is 0 Å². The second-order valence-electron chi connectivity index (χ2n) is 9.19. The number of hydrogen-bond donors (Lipinski definition) is 1. The van der Waals surface area contributed by atoms with E-state index >= 15 is 0 Å². The zero-order chi connectivity index (χ0) is 25.8. The van der Waals surface area contributed by atoms with Crippen LogP contribution >= 0.6 is 0 Å². The molecule has 0 saturated carbocycles. The lowest BCUT2D eigenvalue weighted by Crippen LogP contribution is -2.49. The van der Waals surface area contributed by atoms with Crippen molar-refractivity contribution in [3.63, 3.8) is 0 Å². The molecule has 0 spiro atoms. The highest BCUT2D eigenvalue weighted by Crippen LogP contribution is 2.27. The number of amides is 3. The van der Waals surface area contributed by atoms with E-state index in [0.29, 0.717) is 35.8 Å². The zero-order valence-corrected chi connectivity index (χ0v) is 21.6. The molecule has 1 fully saturated rings. The molecule has 3 amide bonds. The minimum Gasteiger partial charge on any atom is -0.497 e. The third kappa shape index (κ3) is 5.46. The summed E-state index contributed by atoms with van der Waals surface area (Å²) >= 11 is 0. The fourth-order valence-electron chi connectivity index (χ4n) is 4.68. The highest BCUT2D eigenvalue weighted by molar-refractivity contribution is 6.05. The third-order valence-electron chi connectivity index (χ3n) is 6.55. The number of methoxy groups -OCH3 is 2. The maximum atomic E-state index is 13.3. The van der Waals surface area contributed by atoms with Crippen LogP contribution in [0.25, 0.3) is 0 Å². The van der Waals surface area contributed by atoms with Gasteiger partial charge in [0.1, 0.15) is 11.5 Å². The quantitative estimate of drug-likeness (QED) is 0.463. The van der Waals surface area contributed by atoms with Crippen molar-refractivity contribution >= 4 is 23.3 Å². The number of benzene rings is 3. The predicted molar refractivity (Wildman–Crippen MR) is 142 cm³/mol. The van der Waals surface area contributed by atoms with Crippen LogP contribution in [-0.2, 0) is 6.54 Å². The standard InChI is InChI=1S/C29H33N3O4/c1-19-13-20(2)27(21(3)14-19)18-31-11-6-12-32(29(31)34)24-9-7-23(8-10-24)30-28(33)22-15-25(35-4)17-26(16-22)36-5/h7-10,13-17H,6,11-12,18H2,1-5H3,(H,30,33). The molecule has 1 aliphatic heterocycles. The number of nitrogens with zero attached hydrogens (tertiary/aromatic N) is 2. The Bertz CT molecular complexity index is 1220. The van der Waals surface area contributed by atoms with Crippen LogP contribution in [0.15, 0.2) is 54.6 Å². The molecule has 1 N–H and O–H groups in total. The first-order chi connectivity index (χ1) is 17.3. The summed E-state index contributed by atoms with van der Waals surface area (Å²) in [5.74, 6) is 0.807. The smallest absolute Gasteiger partial charge is 0.324 e. The topological polar surface area (TPSA) is 71.1 Å². The van der Waals surface area contributed by atoms with Crippen molar-refractivity contribution in [2.45, 2.75) is 33.7 Å². The van der Waals surface area contributed by atoms with Gasteiger partial charge in [-0.15, -0.1) is 0 Å². The predicted octanol–water partition coefficient (Wildman–Crippen LogP) is 5.71. The minimum absolute atomic E-state index is 0.000821. The maximum Gasteiger partial charge on any atom is 0.324 e. The van der Waals surface area contributed by atoms with Crippen molar-refractivity contribution in [3.8, 4) is 11.5 Å². The Morgan fingerprint density at radius 2 is 1.50 bits per heavy atom. The second-order valence-corrected chi connectivity index (χ2v) is 9.19. The number of hydrogen-bond acceptors (Lipinski definition) is 4. The summed E-state index contributed by atoms with van der Waals surface area (Å²) < 4.78 is 10.5. The molecule has 36 heavy (non-hydrogen) atoms. The zero-order valence-electron chi connectivity index (χ0n) is 21.6. The first-order valence-corrected chi connectivity index (χ1v) is 12.1. The van der Waals surface area contributed by atoms with E-state index in [9.17, 15) is 9.59 Å². The summed E-state index contributed by atoms with van der Waals surface area (Å²) in [5.41, 5.74) is 6.75. The van der Waals surface area contributed by atoms with Gasteiger partial charge in [-0.25, -0.2) is 4.79 Å². The van der Waals surface area contributed by atoms with Crippen molar-refractivity contribution in [1.29, 1.82) is 0 Å². The van der Waals surface area contributed by atoms with Gasteiger partial charge < -0.3 is 19.7 Å². The molecule has 1 aliphatic rings. The van der Waals surface area contributed by atoms with Gasteiger partial charge in [0.2, 0.25) is 0 Å². The molecule has 0 bridgehead atoms. The summed E-state index contributed by atoms with van der Waals surface area (Å²) in [5, 5.41) is 2.90. The third-order valence-corrected chi connectivity index (χ3v) is 6.55. The van der Waals surface area contributed by atoms with E-state index in [-0.39, 0.29) is 11.9 Å². The SMILES string of the molecule is COc1cc(OC)cc(C(=O)Nc2ccc(N3CCCN(Cc4c(C)cc(C)cc4C)C3=O)cc2)c1. The van der Waals surface area contributed by atoms with Gasteiger partial charge in [-0.2, -0.15) is 0 Å². The monoisotopic (exact) mass is 487 g/mol. The molecule has 1 saturated heterocycles. The molecule has 3 aromatic rings. The van der Waals surface area contributed by atoms with Gasteiger partial charge in [-0.3, -0.25) is 9.69 Å². The maximum absolute atomic E-state index is 13.3. The van der Waals surface area contributed by atoms with E-state index in [1.807, 2.05) is 29.2 Å². The van der Waals surface area contributed by atoms with E-state index in [1.165, 1.54) is 22.3 Å². The highest BCUT2D eigenvalue weighted by Gasteiger charge is 2.27. The lowest BCUT2D eigenvalue weighted by Gasteiger charge is -2.36. The Hall–Kier alpha value is -4.00. The number of anilines is 2. The first-order valence-electron chi connectivity index (χ1n) is 12.1. The van der Waals surface area contributed by atoms with Crippen molar-refractivity contribution in [2.24, 2.45) is 0 Å². The Kier molecular flexibility index (Phi) is 7.48. The van der Waals surface area contributed by atoms with Crippen LogP contribution in [0.3, 0.4) is 0 Å². The van der Waals surface area contributed by atoms with E-state index in [4.69, 9.17) is 9.47 Å². The van der Waals surface area contributed by atoms with Crippen LogP contribution in [-0.4, -0.2) is 44.1 Å². The van der Waals surface area contributed by atoms with Gasteiger partial charge in [0.25, 0.3) is 5.91 Å². The number of rotatable bonds is 7. The lowest BCUT2D eigenvalue weighted by atomic mass is 9.99. The van der Waals surface area contributed by atoms with Gasteiger partial charge in [-0.1, -0.05) is 17.7 Å². The molecule has 188 valence electrons. The van der Waals surface area contributed by atoms with Gasteiger partial charge in [0.15, 0.2) is 0 Å². The molecular weight excluding hydrogens is 454 g/mol. The van der Waals surface area contributed by atoms with Gasteiger partial charge >= 0.3 is 6.03 Å². The molecular formula is C29H33N3O4.